The van der Waals surface area contributed by atoms with Gasteiger partial charge in [0.25, 0.3) is 0 Å². The van der Waals surface area contributed by atoms with Gasteiger partial charge in [-0.1, -0.05) is 6.07 Å². The molecule has 1 aromatic carbocycles. The first-order valence-electron chi connectivity index (χ1n) is 5.74. The number of nitrogens with one attached hydrogen (secondary N) is 1. The Morgan fingerprint density at radius 3 is 2.56 bits per heavy atom. The molecule has 0 radical (unpaired) electrons. The summed E-state index contributed by atoms with van der Waals surface area (Å²) < 4.78 is 26.3. The van der Waals surface area contributed by atoms with Crippen molar-refractivity contribution in [3.63, 3.8) is 0 Å². The number of carbonyl (C=O) groups excluding carboxylic acids is 1. The third-order valence-corrected chi connectivity index (χ3v) is 2.90. The predicted octanol–water partition coefficient (Wildman–Crippen LogP) is 2.13. The molecule has 0 aliphatic heterocycles. The Kier molecular flexibility index (Phi) is 4.40. The molecule has 1 atom stereocenters. The van der Waals surface area contributed by atoms with Crippen LogP contribution in [0.2, 0.25) is 0 Å². The fourth-order valence-corrected chi connectivity index (χ4v) is 1.42. The number of carbonyl (C=O) groups is 1. The third kappa shape index (κ3) is 3.26. The molecule has 1 aromatic rings. The number of halogens is 2. The first kappa shape index (κ1) is 14.6. The van der Waals surface area contributed by atoms with Crippen molar-refractivity contribution in [2.45, 2.75) is 26.8 Å². The molecule has 3 nitrogen and oxygen atoms in total. The van der Waals surface area contributed by atoms with Crippen molar-refractivity contribution in [1.29, 1.82) is 0 Å². The van der Waals surface area contributed by atoms with E-state index in [0.29, 0.717) is 0 Å². The van der Waals surface area contributed by atoms with E-state index in [1.54, 1.807) is 20.8 Å². The minimum absolute atomic E-state index is 0.192. The van der Waals surface area contributed by atoms with Crippen LogP contribution in [0.4, 0.5) is 8.78 Å². The molecule has 100 valence electrons. The quantitative estimate of drug-likeness (QED) is 0.867. The second-order valence-corrected chi connectivity index (χ2v) is 4.95. The number of hydrogen-bond acceptors (Lipinski definition) is 2. The summed E-state index contributed by atoms with van der Waals surface area (Å²) in [5.74, 6) is -1.58. The van der Waals surface area contributed by atoms with Crippen LogP contribution >= 0.6 is 0 Å². The summed E-state index contributed by atoms with van der Waals surface area (Å²) in [6, 6.07) is 2.75. The van der Waals surface area contributed by atoms with E-state index >= 15 is 0 Å². The topological polar surface area (TPSA) is 55.1 Å². The van der Waals surface area contributed by atoms with Crippen LogP contribution in [0.1, 0.15) is 32.4 Å². The van der Waals surface area contributed by atoms with Crippen LogP contribution in [0.3, 0.4) is 0 Å². The molecule has 18 heavy (non-hydrogen) atoms. The molecular weight excluding hydrogens is 238 g/mol. The van der Waals surface area contributed by atoms with Crippen molar-refractivity contribution in [2.24, 2.45) is 11.1 Å². The van der Waals surface area contributed by atoms with Crippen molar-refractivity contribution in [1.82, 2.24) is 5.32 Å². The molecule has 0 heterocycles. The van der Waals surface area contributed by atoms with Gasteiger partial charge in [0, 0.05) is 18.2 Å². The van der Waals surface area contributed by atoms with Crippen molar-refractivity contribution in [3.8, 4) is 0 Å². The Bertz CT molecular complexity index is 447. The lowest BCUT2D eigenvalue weighted by molar-refractivity contribution is -0.129. The van der Waals surface area contributed by atoms with Crippen molar-refractivity contribution < 1.29 is 13.6 Å². The second kappa shape index (κ2) is 5.44. The highest BCUT2D eigenvalue weighted by Crippen LogP contribution is 2.20. The van der Waals surface area contributed by atoms with Gasteiger partial charge >= 0.3 is 0 Å². The van der Waals surface area contributed by atoms with Crippen LogP contribution in [0.5, 0.6) is 0 Å². The molecule has 1 unspecified atom stereocenters. The SMILES string of the molecule is CC(NC(=O)C(C)(C)CN)c1ccc(F)cc1F. The number of amides is 1. The number of benzene rings is 1. The molecule has 0 aliphatic carbocycles. The minimum atomic E-state index is -0.717. The smallest absolute Gasteiger partial charge is 0.227 e. The van der Waals surface area contributed by atoms with Crippen molar-refractivity contribution in [3.05, 3.63) is 35.4 Å². The zero-order valence-electron chi connectivity index (χ0n) is 10.8. The van der Waals surface area contributed by atoms with Gasteiger partial charge < -0.3 is 11.1 Å². The van der Waals surface area contributed by atoms with Gasteiger partial charge in [0.15, 0.2) is 0 Å². The normalized spacial score (nSPS) is 13.2. The fourth-order valence-electron chi connectivity index (χ4n) is 1.42. The summed E-state index contributed by atoms with van der Waals surface area (Å²) in [6.07, 6.45) is 0. The van der Waals surface area contributed by atoms with Crippen LogP contribution < -0.4 is 11.1 Å². The average Bonchev–Trinajstić information content (AvgIpc) is 2.28. The van der Waals surface area contributed by atoms with Crippen molar-refractivity contribution >= 4 is 5.91 Å². The Morgan fingerprint density at radius 1 is 1.44 bits per heavy atom. The van der Waals surface area contributed by atoms with Gasteiger partial charge in [-0.15, -0.1) is 0 Å². The van der Waals surface area contributed by atoms with E-state index in [1.807, 2.05) is 0 Å². The highest BCUT2D eigenvalue weighted by molar-refractivity contribution is 5.82. The van der Waals surface area contributed by atoms with Crippen LogP contribution in [0, 0.1) is 17.0 Å². The van der Waals surface area contributed by atoms with Crippen LogP contribution in [-0.2, 0) is 4.79 Å². The molecule has 0 bridgehead atoms. The molecule has 5 heteroatoms. The summed E-state index contributed by atoms with van der Waals surface area (Å²) in [5.41, 5.74) is 5.02. The van der Waals surface area contributed by atoms with Gasteiger partial charge in [0.1, 0.15) is 11.6 Å². The van der Waals surface area contributed by atoms with E-state index < -0.39 is 23.1 Å². The van der Waals surface area contributed by atoms with E-state index in [0.717, 1.165) is 12.1 Å². The number of nitrogens with two attached hydrogens (primary N) is 1. The minimum Gasteiger partial charge on any atom is -0.349 e. The van der Waals surface area contributed by atoms with Crippen LogP contribution in [0.15, 0.2) is 18.2 Å². The molecule has 3 N–H and O–H groups in total. The Labute approximate surface area is 105 Å². The largest absolute Gasteiger partial charge is 0.349 e. The maximum atomic E-state index is 13.5. The lowest BCUT2D eigenvalue weighted by atomic mass is 9.92. The third-order valence-electron chi connectivity index (χ3n) is 2.90. The summed E-state index contributed by atoms with van der Waals surface area (Å²) in [6.45, 7) is 5.24. The predicted molar refractivity (Wildman–Crippen MR) is 65.8 cm³/mol. The molecule has 0 aromatic heterocycles. The lowest BCUT2D eigenvalue weighted by Gasteiger charge is -2.24. The fraction of sp³-hybridized carbons (Fsp3) is 0.462. The summed E-state index contributed by atoms with van der Waals surface area (Å²) in [4.78, 5) is 11.9. The number of rotatable bonds is 4. The molecule has 0 saturated carbocycles. The Balaban J connectivity index is 2.83. The zero-order chi connectivity index (χ0) is 13.9. The van der Waals surface area contributed by atoms with Gasteiger partial charge in [-0.3, -0.25) is 4.79 Å². The van der Waals surface area contributed by atoms with Gasteiger partial charge in [-0.05, 0) is 26.8 Å². The van der Waals surface area contributed by atoms with Gasteiger partial charge in [-0.25, -0.2) is 8.78 Å². The van der Waals surface area contributed by atoms with Gasteiger partial charge in [0.2, 0.25) is 5.91 Å². The molecule has 0 fully saturated rings. The highest BCUT2D eigenvalue weighted by atomic mass is 19.1. The van der Waals surface area contributed by atoms with E-state index in [2.05, 4.69) is 5.32 Å². The Hall–Kier alpha value is -1.49. The first-order chi connectivity index (χ1) is 8.27. The van der Waals surface area contributed by atoms with Gasteiger partial charge in [0.05, 0.1) is 11.5 Å². The van der Waals surface area contributed by atoms with Gasteiger partial charge in [-0.2, -0.15) is 0 Å². The molecule has 0 saturated heterocycles. The molecule has 0 spiro atoms. The first-order valence-corrected chi connectivity index (χ1v) is 5.74. The molecule has 1 rings (SSSR count). The van der Waals surface area contributed by atoms with E-state index in [4.69, 9.17) is 5.73 Å². The highest BCUT2D eigenvalue weighted by Gasteiger charge is 2.27. The average molecular weight is 256 g/mol. The monoisotopic (exact) mass is 256 g/mol. The molecule has 1 amide bonds. The number of hydrogen-bond donors (Lipinski definition) is 2. The van der Waals surface area contributed by atoms with E-state index in [1.165, 1.54) is 6.07 Å². The maximum Gasteiger partial charge on any atom is 0.227 e. The molecule has 0 aliphatic rings. The van der Waals surface area contributed by atoms with E-state index in [9.17, 15) is 13.6 Å². The second-order valence-electron chi connectivity index (χ2n) is 4.95. The van der Waals surface area contributed by atoms with Crippen LogP contribution in [-0.4, -0.2) is 12.5 Å². The van der Waals surface area contributed by atoms with Crippen LogP contribution in [0.25, 0.3) is 0 Å². The van der Waals surface area contributed by atoms with E-state index in [-0.39, 0.29) is 18.0 Å². The maximum absolute atomic E-state index is 13.5. The standard InChI is InChI=1S/C13H18F2N2O/c1-8(17-12(18)13(2,3)7-16)10-5-4-9(14)6-11(10)15/h4-6,8H,7,16H2,1-3H3,(H,17,18). The van der Waals surface area contributed by atoms with Crippen molar-refractivity contribution in [2.75, 3.05) is 6.54 Å². The molecular formula is C13H18F2N2O. The summed E-state index contributed by atoms with van der Waals surface area (Å²) >= 11 is 0. The lowest BCUT2D eigenvalue weighted by Crippen LogP contribution is -2.42. The summed E-state index contributed by atoms with van der Waals surface area (Å²) in [7, 11) is 0. The zero-order valence-corrected chi connectivity index (χ0v) is 10.8. The summed E-state index contributed by atoms with van der Waals surface area (Å²) in [5, 5.41) is 2.67. The Morgan fingerprint density at radius 2 is 2.06 bits per heavy atom.